The molecule has 21 nitrogen and oxygen atoms in total. The summed E-state index contributed by atoms with van der Waals surface area (Å²) in [6, 6.07) is 21.7. The first-order valence-corrected chi connectivity index (χ1v) is 24.9. The summed E-state index contributed by atoms with van der Waals surface area (Å²) in [6.45, 7) is 2.82. The van der Waals surface area contributed by atoms with E-state index >= 15 is 0 Å². The van der Waals surface area contributed by atoms with Crippen molar-refractivity contribution in [2.24, 2.45) is 17.2 Å². The van der Waals surface area contributed by atoms with Crippen LogP contribution < -0.4 is 43.8 Å². The zero-order valence-corrected chi connectivity index (χ0v) is 42.1. The molecule has 21 heteroatoms. The molecule has 0 bridgehead atoms. The number of nitrogens with one attached hydrogen (secondary N) is 5. The number of carboxylic acids is 2. The van der Waals surface area contributed by atoms with Crippen molar-refractivity contribution in [3.63, 3.8) is 0 Å². The molecule has 1 aliphatic heterocycles. The Kier molecular flexibility index (Phi) is 22.2. The van der Waals surface area contributed by atoms with Crippen molar-refractivity contribution < 1.29 is 58.4 Å². The van der Waals surface area contributed by atoms with Gasteiger partial charge in [-0.2, -0.15) is 0 Å². The molecule has 1 fully saturated rings. The van der Waals surface area contributed by atoms with E-state index in [4.69, 9.17) is 27.0 Å². The molecule has 402 valence electrons. The zero-order chi connectivity index (χ0) is 54.6. The maximum absolute atomic E-state index is 14.1. The predicted molar refractivity (Wildman–Crippen MR) is 277 cm³/mol. The van der Waals surface area contributed by atoms with E-state index in [-0.39, 0.29) is 51.0 Å². The fraction of sp³-hybridized carbons (Fsp3) is 0.407. The number of nitrogens with zero attached hydrogens (tertiary/aromatic N) is 1. The van der Waals surface area contributed by atoms with E-state index in [1.807, 2.05) is 78.9 Å². The van der Waals surface area contributed by atoms with Gasteiger partial charge in [-0.15, -0.1) is 0 Å². The molecule has 1 saturated heterocycles. The molecule has 8 atom stereocenters. The maximum atomic E-state index is 14.1. The van der Waals surface area contributed by atoms with Crippen molar-refractivity contribution >= 4 is 47.4 Å². The number of carbonyl (C=O) groups excluding carboxylic acids is 6. The summed E-state index contributed by atoms with van der Waals surface area (Å²) in [4.78, 5) is 107. The third-order valence-corrected chi connectivity index (χ3v) is 12.8. The van der Waals surface area contributed by atoms with Crippen LogP contribution in [0, 0.1) is 0 Å². The Hall–Kier alpha value is -7.72. The van der Waals surface area contributed by atoms with Crippen LogP contribution in [0.4, 0.5) is 0 Å². The predicted octanol–water partition coefficient (Wildman–Crippen LogP) is 1.01. The number of unbranched alkanes of at least 4 members (excludes halogenated alkanes) is 1. The Morgan fingerprint density at radius 1 is 0.653 bits per heavy atom. The van der Waals surface area contributed by atoms with Gasteiger partial charge in [-0.3, -0.25) is 38.4 Å². The number of carbonyl (C=O) groups is 8. The minimum atomic E-state index is -1.36. The van der Waals surface area contributed by atoms with Gasteiger partial charge in [0.15, 0.2) is 0 Å². The molecule has 0 radical (unpaired) electrons. The van der Waals surface area contributed by atoms with E-state index in [0.29, 0.717) is 31.4 Å². The highest BCUT2D eigenvalue weighted by Crippen LogP contribution is 2.23. The first kappa shape index (κ1) is 58.2. The number of rotatable bonds is 28. The van der Waals surface area contributed by atoms with Gasteiger partial charge in [-0.05, 0) is 111 Å². The molecule has 0 spiro atoms. The van der Waals surface area contributed by atoms with Gasteiger partial charge in [0.2, 0.25) is 35.4 Å². The van der Waals surface area contributed by atoms with Crippen LogP contribution in [0.15, 0.2) is 103 Å². The van der Waals surface area contributed by atoms with Crippen molar-refractivity contribution in [1.29, 1.82) is 0 Å². The Balaban J connectivity index is 1.23. The highest BCUT2D eigenvalue weighted by atomic mass is 16.5. The summed E-state index contributed by atoms with van der Waals surface area (Å²) in [5.74, 6) is -6.57. The van der Waals surface area contributed by atoms with Crippen LogP contribution >= 0.6 is 0 Å². The molecule has 1 heterocycles. The first-order valence-electron chi connectivity index (χ1n) is 24.9. The third kappa shape index (κ3) is 18.0. The van der Waals surface area contributed by atoms with Gasteiger partial charge >= 0.3 is 11.9 Å². The molecule has 75 heavy (non-hydrogen) atoms. The number of aromatic hydroxyl groups is 1. The lowest BCUT2D eigenvalue weighted by atomic mass is 9.98. The van der Waals surface area contributed by atoms with Crippen LogP contribution in [-0.2, 0) is 69.0 Å². The highest BCUT2D eigenvalue weighted by molar-refractivity contribution is 5.97. The molecule has 4 aromatic rings. The Bertz CT molecular complexity index is 2570. The topological polar surface area (TPSA) is 348 Å². The van der Waals surface area contributed by atoms with Crippen molar-refractivity contribution in [3.8, 4) is 16.9 Å². The lowest BCUT2D eigenvalue weighted by Gasteiger charge is -2.30. The van der Waals surface area contributed by atoms with E-state index < -0.39 is 102 Å². The molecular weight excluding hydrogens is 967 g/mol. The summed E-state index contributed by atoms with van der Waals surface area (Å²) >= 11 is 0. The minimum absolute atomic E-state index is 0.0106. The number of amides is 6. The Labute approximate surface area is 435 Å². The van der Waals surface area contributed by atoms with Crippen LogP contribution in [0.1, 0.15) is 68.2 Å². The second-order valence-corrected chi connectivity index (χ2v) is 18.7. The van der Waals surface area contributed by atoms with E-state index in [2.05, 4.69) is 26.6 Å². The average molecular weight is 1040 g/mol. The molecular formula is C54H69N9O12. The minimum Gasteiger partial charge on any atom is -0.508 e. The molecule has 14 N–H and O–H groups in total. The monoisotopic (exact) mass is 1040 g/mol. The van der Waals surface area contributed by atoms with Gasteiger partial charge in [0.1, 0.15) is 48.5 Å². The van der Waals surface area contributed by atoms with Gasteiger partial charge in [0.05, 0.1) is 18.8 Å². The average Bonchev–Trinajstić information content (AvgIpc) is 3.90. The van der Waals surface area contributed by atoms with Gasteiger partial charge in [0, 0.05) is 13.0 Å². The standard InChI is InChI=1S/C54H69N9O12/c1-32(53(72)63-26-8-12-45(63)51(70)60-43(11-6-7-25-55)49(68)62-47(52(71)58-30-46(65)66)33(2)75-31-37-9-4-3-5-10-37)59-50(69)44(29-36-17-23-40(64)24-18-36)61-48(67)41(56)27-34-13-19-38(20-14-34)39-21-15-35(16-22-39)28-42(57)54(73)74/h3-5,9-10,13-24,32-33,41-45,47,64H,6-8,11-12,25-31,55-57H2,1-2H3,(H,58,71)(H,59,69)(H,60,70)(H,61,67)(H,62,68)(H,65,66)(H,73,74)/t32-,33+,41-,42-,43-,44-,45-,47-/m0/s1. The molecule has 4 aromatic carbocycles. The lowest BCUT2D eigenvalue weighted by molar-refractivity contribution is -0.142. The van der Waals surface area contributed by atoms with Crippen LogP contribution in [-0.4, -0.2) is 136 Å². The number of carboxylic acid groups (broad SMARTS) is 2. The number of phenolic OH excluding ortho intramolecular Hbond substituents is 1. The highest BCUT2D eigenvalue weighted by Gasteiger charge is 2.39. The van der Waals surface area contributed by atoms with E-state index in [0.717, 1.165) is 27.8 Å². The van der Waals surface area contributed by atoms with E-state index in [1.54, 1.807) is 19.1 Å². The number of likely N-dealkylation sites (tertiary alicyclic amines) is 1. The SMILES string of the molecule is C[C@H](NC(=O)[C@H](Cc1ccc(O)cc1)NC(=O)[C@@H](N)Cc1ccc(-c2ccc(C[C@H](N)C(=O)O)cc2)cc1)C(=O)N1CCC[C@H]1C(=O)N[C@@H](CCCCN)C(=O)N[C@H](C(=O)NCC(=O)O)[C@@H](C)OCc1ccccc1. The van der Waals surface area contributed by atoms with Crippen LogP contribution in [0.5, 0.6) is 5.75 Å². The number of ether oxygens (including phenoxy) is 1. The number of nitrogens with two attached hydrogens (primary N) is 3. The van der Waals surface area contributed by atoms with Gasteiger partial charge in [0.25, 0.3) is 0 Å². The summed E-state index contributed by atoms with van der Waals surface area (Å²) in [5.41, 5.74) is 22.5. The van der Waals surface area contributed by atoms with E-state index in [9.17, 15) is 48.6 Å². The van der Waals surface area contributed by atoms with Gasteiger partial charge in [-0.25, -0.2) is 0 Å². The number of benzene rings is 4. The zero-order valence-electron chi connectivity index (χ0n) is 42.1. The van der Waals surface area contributed by atoms with Crippen LogP contribution in [0.3, 0.4) is 0 Å². The summed E-state index contributed by atoms with van der Waals surface area (Å²) in [7, 11) is 0. The summed E-state index contributed by atoms with van der Waals surface area (Å²) in [5, 5.41) is 41.4. The van der Waals surface area contributed by atoms with Gasteiger partial charge in [-0.1, -0.05) is 91.0 Å². The number of hydrogen-bond acceptors (Lipinski definition) is 13. The summed E-state index contributed by atoms with van der Waals surface area (Å²) in [6.07, 6.45) is 1.00. The largest absolute Gasteiger partial charge is 0.508 e. The first-order chi connectivity index (χ1) is 35.8. The summed E-state index contributed by atoms with van der Waals surface area (Å²) < 4.78 is 5.93. The molecule has 1 aliphatic rings. The molecule has 6 amide bonds. The van der Waals surface area contributed by atoms with Crippen molar-refractivity contribution in [2.75, 3.05) is 19.6 Å². The second-order valence-electron chi connectivity index (χ2n) is 18.7. The molecule has 0 saturated carbocycles. The molecule has 0 aliphatic carbocycles. The quantitative estimate of drug-likeness (QED) is 0.0354. The lowest BCUT2D eigenvalue weighted by Crippen LogP contribution is -2.60. The Morgan fingerprint density at radius 3 is 1.81 bits per heavy atom. The van der Waals surface area contributed by atoms with Crippen molar-refractivity contribution in [1.82, 2.24) is 31.5 Å². The number of phenols is 1. The normalized spacial score (nSPS) is 16.0. The number of aliphatic carboxylic acids is 2. The molecule has 0 aromatic heterocycles. The van der Waals surface area contributed by atoms with Crippen molar-refractivity contribution in [3.05, 3.63) is 125 Å². The second kappa shape index (κ2) is 28.7. The molecule has 5 rings (SSSR count). The smallest absolute Gasteiger partial charge is 0.322 e. The van der Waals surface area contributed by atoms with Crippen molar-refractivity contribution in [2.45, 2.75) is 120 Å². The molecule has 0 unspecified atom stereocenters. The van der Waals surface area contributed by atoms with Crippen LogP contribution in [0.2, 0.25) is 0 Å². The van der Waals surface area contributed by atoms with Gasteiger partial charge < -0.3 is 68.7 Å². The fourth-order valence-corrected chi connectivity index (χ4v) is 8.49. The number of hydrogen-bond donors (Lipinski definition) is 11. The fourth-order valence-electron chi connectivity index (χ4n) is 8.49. The third-order valence-electron chi connectivity index (χ3n) is 12.8. The maximum Gasteiger partial charge on any atom is 0.322 e. The Morgan fingerprint density at radius 2 is 1.23 bits per heavy atom. The van der Waals surface area contributed by atoms with E-state index in [1.165, 1.54) is 24.0 Å². The van der Waals surface area contributed by atoms with Crippen LogP contribution in [0.25, 0.3) is 11.1 Å².